The molecule has 0 N–H and O–H groups in total. The minimum absolute atomic E-state index is 0.143. The van der Waals surface area contributed by atoms with E-state index in [0.717, 1.165) is 0 Å². The number of esters is 2. The summed E-state index contributed by atoms with van der Waals surface area (Å²) in [6, 6.07) is 20.7. The van der Waals surface area contributed by atoms with Gasteiger partial charge in [-0.1, -0.05) is 48.5 Å². The van der Waals surface area contributed by atoms with Crippen molar-refractivity contribution in [1.82, 2.24) is 0 Å². The summed E-state index contributed by atoms with van der Waals surface area (Å²) in [5, 5.41) is 11.0. The van der Waals surface area contributed by atoms with Gasteiger partial charge in [-0.15, -0.1) is 0 Å². The van der Waals surface area contributed by atoms with Gasteiger partial charge in [0.25, 0.3) is 5.69 Å². The number of nitro groups is 1. The Morgan fingerprint density at radius 3 is 2.19 bits per heavy atom. The van der Waals surface area contributed by atoms with E-state index in [1.165, 1.54) is 24.3 Å². The Hall–Kier alpha value is -4.33. The van der Waals surface area contributed by atoms with Gasteiger partial charge >= 0.3 is 11.9 Å². The number of nitrogens with zero attached hydrogens (tertiary/aromatic N) is 1. The number of hydrogen-bond acceptors (Lipinski definition) is 7. The molecule has 0 aromatic heterocycles. The molecule has 3 aromatic carbocycles. The zero-order valence-electron chi connectivity index (χ0n) is 20.1. The monoisotopic (exact) mass is 487 g/mol. The predicted molar refractivity (Wildman–Crippen MR) is 131 cm³/mol. The molecule has 2 atom stereocenters. The van der Waals surface area contributed by atoms with Crippen molar-refractivity contribution in [3.63, 3.8) is 0 Å². The van der Waals surface area contributed by atoms with Crippen molar-refractivity contribution in [2.45, 2.75) is 44.3 Å². The quantitative estimate of drug-likeness (QED) is 0.191. The van der Waals surface area contributed by atoms with Gasteiger partial charge < -0.3 is 9.47 Å². The molecule has 1 aliphatic heterocycles. The van der Waals surface area contributed by atoms with Crippen molar-refractivity contribution in [2.75, 3.05) is 0 Å². The van der Waals surface area contributed by atoms with Crippen molar-refractivity contribution in [3.8, 4) is 0 Å². The molecule has 36 heavy (non-hydrogen) atoms. The Balaban J connectivity index is 1.86. The van der Waals surface area contributed by atoms with Gasteiger partial charge in [0.15, 0.2) is 5.78 Å². The summed E-state index contributed by atoms with van der Waals surface area (Å²) in [4.78, 5) is 50.7. The minimum Gasteiger partial charge on any atom is -0.457 e. The second-order valence-electron chi connectivity index (χ2n) is 9.57. The Morgan fingerprint density at radius 2 is 1.58 bits per heavy atom. The molecular formula is C28H25NO7. The Bertz CT molecular complexity index is 1330. The fraction of sp³-hybridized carbons (Fsp3) is 0.250. The highest BCUT2D eigenvalue weighted by molar-refractivity contribution is 6.03. The van der Waals surface area contributed by atoms with Gasteiger partial charge in [0.2, 0.25) is 5.60 Å². The third-order valence-corrected chi connectivity index (χ3v) is 5.99. The van der Waals surface area contributed by atoms with Gasteiger partial charge in [0.1, 0.15) is 5.60 Å². The van der Waals surface area contributed by atoms with Crippen LogP contribution in [0.25, 0.3) is 0 Å². The topological polar surface area (TPSA) is 113 Å². The van der Waals surface area contributed by atoms with E-state index >= 15 is 0 Å². The molecule has 1 heterocycles. The molecule has 0 saturated heterocycles. The largest absolute Gasteiger partial charge is 0.457 e. The summed E-state index contributed by atoms with van der Waals surface area (Å²) in [5.74, 6) is -2.76. The third kappa shape index (κ3) is 4.62. The molecule has 0 amide bonds. The second kappa shape index (κ2) is 9.37. The van der Waals surface area contributed by atoms with Crippen molar-refractivity contribution >= 4 is 23.4 Å². The molecule has 0 saturated carbocycles. The van der Waals surface area contributed by atoms with Crippen LogP contribution in [0.5, 0.6) is 0 Å². The third-order valence-electron chi connectivity index (χ3n) is 5.99. The fourth-order valence-corrected chi connectivity index (χ4v) is 4.40. The van der Waals surface area contributed by atoms with Gasteiger partial charge in [-0.25, -0.2) is 9.59 Å². The lowest BCUT2D eigenvalue weighted by Crippen LogP contribution is -2.46. The predicted octanol–water partition coefficient (Wildman–Crippen LogP) is 5.36. The van der Waals surface area contributed by atoms with Crippen molar-refractivity contribution in [1.29, 1.82) is 0 Å². The maximum absolute atomic E-state index is 13.9. The molecule has 0 spiro atoms. The molecule has 0 fully saturated rings. The van der Waals surface area contributed by atoms with Crippen LogP contribution in [0.1, 0.15) is 65.0 Å². The average molecular weight is 488 g/mol. The van der Waals surface area contributed by atoms with Crippen molar-refractivity contribution < 1.29 is 28.8 Å². The maximum Gasteiger partial charge on any atom is 0.356 e. The van der Waals surface area contributed by atoms with Crippen LogP contribution in [-0.2, 0) is 19.9 Å². The second-order valence-corrected chi connectivity index (χ2v) is 9.57. The highest BCUT2D eigenvalue weighted by Gasteiger charge is 2.59. The van der Waals surface area contributed by atoms with Gasteiger partial charge in [0.05, 0.1) is 10.5 Å². The molecule has 8 nitrogen and oxygen atoms in total. The van der Waals surface area contributed by atoms with Crippen molar-refractivity contribution in [2.24, 2.45) is 0 Å². The molecule has 0 radical (unpaired) electrons. The van der Waals surface area contributed by atoms with Crippen LogP contribution in [0.15, 0.2) is 78.9 Å². The Kier molecular flexibility index (Phi) is 6.45. The normalized spacial score (nSPS) is 17.6. The number of carbonyl (C=O) groups is 3. The summed E-state index contributed by atoms with van der Waals surface area (Å²) in [5.41, 5.74) is -1.55. The lowest BCUT2D eigenvalue weighted by molar-refractivity contribution is -0.384. The lowest BCUT2D eigenvalue weighted by atomic mass is 9.74. The molecule has 4 rings (SSSR count). The maximum atomic E-state index is 13.9. The van der Waals surface area contributed by atoms with Crippen LogP contribution in [0.2, 0.25) is 0 Å². The van der Waals surface area contributed by atoms with E-state index in [-0.39, 0.29) is 29.0 Å². The number of Topliss-reactive ketones (excluding diaryl/α,β-unsaturated/α-hetero) is 1. The number of ether oxygens (including phenoxy) is 2. The standard InChI is InChI=1S/C28H25NO7/c1-27(2,3)36-26(32)28(22-12-8-7-11-21(22)25(31)35-28)23(18-9-5-4-6-10-18)17-24(30)19-13-15-20(16-14-19)29(33)34/h4-16,23H,17H2,1-3H3/t23-,28+/m1/s1. The fourth-order valence-electron chi connectivity index (χ4n) is 4.40. The van der Waals surface area contributed by atoms with Crippen LogP contribution in [0.3, 0.4) is 0 Å². The number of ketones is 1. The average Bonchev–Trinajstić information content (AvgIpc) is 3.15. The summed E-state index contributed by atoms with van der Waals surface area (Å²) < 4.78 is 11.6. The van der Waals surface area contributed by atoms with Crippen molar-refractivity contribution in [3.05, 3.63) is 111 Å². The molecule has 184 valence electrons. The smallest absolute Gasteiger partial charge is 0.356 e. The first-order chi connectivity index (χ1) is 17.0. The van der Waals surface area contributed by atoms with E-state index < -0.39 is 34.0 Å². The number of hydrogen-bond donors (Lipinski definition) is 0. The van der Waals surface area contributed by atoms with E-state index in [1.54, 1.807) is 75.4 Å². The molecule has 0 bridgehead atoms. The van der Waals surface area contributed by atoms with Crippen LogP contribution in [0, 0.1) is 10.1 Å². The van der Waals surface area contributed by atoms with E-state index in [4.69, 9.17) is 9.47 Å². The summed E-state index contributed by atoms with van der Waals surface area (Å²) in [6.45, 7) is 5.13. The number of non-ortho nitro benzene ring substituents is 1. The van der Waals surface area contributed by atoms with E-state index in [2.05, 4.69) is 0 Å². The Labute approximate surface area is 208 Å². The van der Waals surface area contributed by atoms with Crippen LogP contribution in [0.4, 0.5) is 5.69 Å². The number of rotatable bonds is 7. The lowest BCUT2D eigenvalue weighted by Gasteiger charge is -2.36. The zero-order valence-corrected chi connectivity index (χ0v) is 20.1. The number of carbonyl (C=O) groups excluding carboxylic acids is 3. The van der Waals surface area contributed by atoms with Gasteiger partial charge in [0, 0.05) is 35.6 Å². The summed E-state index contributed by atoms with van der Waals surface area (Å²) >= 11 is 0. The first kappa shape index (κ1) is 24.8. The van der Waals surface area contributed by atoms with E-state index in [0.29, 0.717) is 11.1 Å². The highest BCUT2D eigenvalue weighted by Crippen LogP contribution is 2.50. The van der Waals surface area contributed by atoms with Gasteiger partial charge in [-0.05, 0) is 44.5 Å². The number of benzene rings is 3. The molecule has 0 unspecified atom stereocenters. The first-order valence-electron chi connectivity index (χ1n) is 11.4. The summed E-state index contributed by atoms with van der Waals surface area (Å²) in [6.07, 6.45) is -0.220. The number of nitro benzene ring substituents is 1. The van der Waals surface area contributed by atoms with Crippen LogP contribution >= 0.6 is 0 Å². The summed E-state index contributed by atoms with van der Waals surface area (Å²) in [7, 11) is 0. The minimum atomic E-state index is -1.90. The van der Waals surface area contributed by atoms with Gasteiger partial charge in [-0.2, -0.15) is 0 Å². The molecule has 8 heteroatoms. The van der Waals surface area contributed by atoms with E-state index in [9.17, 15) is 24.5 Å². The molecule has 1 aliphatic rings. The van der Waals surface area contributed by atoms with Crippen LogP contribution < -0.4 is 0 Å². The Morgan fingerprint density at radius 1 is 0.972 bits per heavy atom. The number of fused-ring (bicyclic) bond motifs is 1. The zero-order chi connectivity index (χ0) is 26.1. The molecular weight excluding hydrogens is 462 g/mol. The highest BCUT2D eigenvalue weighted by atomic mass is 16.6. The van der Waals surface area contributed by atoms with E-state index in [1.807, 2.05) is 0 Å². The first-order valence-corrected chi connectivity index (χ1v) is 11.4. The molecule has 3 aromatic rings. The van der Waals surface area contributed by atoms with Crippen LogP contribution in [-0.4, -0.2) is 28.2 Å². The molecule has 0 aliphatic carbocycles. The van der Waals surface area contributed by atoms with Gasteiger partial charge in [-0.3, -0.25) is 14.9 Å². The SMILES string of the molecule is CC(C)(C)OC(=O)[C@]1([C@H](CC(=O)c2ccc([N+](=O)[O-])cc2)c2ccccc2)OC(=O)c2ccccc21. The number of cyclic esters (lactones) is 1.